The van der Waals surface area contributed by atoms with Gasteiger partial charge in [0, 0.05) is 0 Å². The Kier molecular flexibility index (Phi) is 17.4. The molecular weight excluding hydrogens is 764 g/mol. The summed E-state index contributed by atoms with van der Waals surface area (Å²) >= 11 is -2.26. The summed E-state index contributed by atoms with van der Waals surface area (Å²) in [6.07, 6.45) is 8.85. The molecule has 0 bridgehead atoms. The minimum atomic E-state index is -1.42. The van der Waals surface area contributed by atoms with Crippen LogP contribution in [0.15, 0.2) is 36.4 Å². The molecule has 209 valence electrons. The zero-order valence-corrected chi connectivity index (χ0v) is 34.3. The average Bonchev–Trinajstić information content (AvgIpc) is 2.85. The van der Waals surface area contributed by atoms with Gasteiger partial charge < -0.3 is 0 Å². The summed E-state index contributed by atoms with van der Waals surface area (Å²) in [4.78, 5) is 13.2. The van der Waals surface area contributed by atoms with Crippen LogP contribution in [0.3, 0.4) is 0 Å². The van der Waals surface area contributed by atoms with E-state index in [0.717, 1.165) is 5.69 Å². The Morgan fingerprint density at radius 2 is 1.32 bits per heavy atom. The normalized spacial score (nSPS) is 11.1. The number of likely N-dealkylation sites (N-methyl/N-ethyl adjacent to an activating group) is 1. The van der Waals surface area contributed by atoms with Gasteiger partial charge in [-0.2, -0.15) is 0 Å². The third kappa shape index (κ3) is 13.2. The second-order valence-corrected chi connectivity index (χ2v) is 27.5. The predicted molar refractivity (Wildman–Crippen MR) is 167 cm³/mol. The molecule has 1 N–H and O–H groups in total. The number of hydrogen-bond acceptors (Lipinski definition) is 2. The summed E-state index contributed by atoms with van der Waals surface area (Å²) < 4.78 is 8.45. The van der Waals surface area contributed by atoms with Gasteiger partial charge in [0.25, 0.3) is 0 Å². The summed E-state index contributed by atoms with van der Waals surface area (Å²) in [5, 5.41) is 9.11. The van der Waals surface area contributed by atoms with Crippen molar-refractivity contribution in [2.75, 3.05) is 39.6 Å². The van der Waals surface area contributed by atoms with Crippen molar-refractivity contribution in [2.45, 2.75) is 86.5 Å². The molecule has 0 saturated carbocycles. The molecule has 0 aliphatic rings. The van der Waals surface area contributed by atoms with Crippen LogP contribution in [0.25, 0.3) is 0 Å². The van der Waals surface area contributed by atoms with Crippen molar-refractivity contribution in [3.05, 3.63) is 47.5 Å². The fraction of sp³-hybridized carbons (Fsp3) is 0.594. The standard InChI is InChI=1S/C11H14NO2.C9H12N.3C4H9.Hg.Sn/c1-9-5-4-6-10(7-9)12(2,3)8-11(13)14;1-8-5-4-6-9(7-8)10(2)3;3*1-3-4-2;;/h4,6-7H,8H2,1-3H3;4,6-7H,1-3H3;3*1,3-4H2,2H3;;/p+1. The molecule has 2 rings (SSSR count). The molecular formula is C32H54HgN2O2Sn+. The van der Waals surface area contributed by atoms with Crippen molar-refractivity contribution >= 4 is 43.2 Å². The first kappa shape index (κ1) is 35.4. The van der Waals surface area contributed by atoms with Crippen LogP contribution < -0.4 is 15.5 Å². The summed E-state index contributed by atoms with van der Waals surface area (Å²) in [6, 6.07) is 13.3. The molecule has 0 unspecified atom stereocenters. The van der Waals surface area contributed by atoms with Crippen molar-refractivity contribution in [1.29, 1.82) is 0 Å². The van der Waals surface area contributed by atoms with Crippen LogP contribution in [0.4, 0.5) is 11.4 Å². The van der Waals surface area contributed by atoms with Crippen LogP contribution in [0, 0.1) is 13.8 Å². The van der Waals surface area contributed by atoms with E-state index < -0.39 is 50.3 Å². The third-order valence-corrected chi connectivity index (χ3v) is 25.6. The van der Waals surface area contributed by atoms with Gasteiger partial charge in [0.15, 0.2) is 0 Å². The molecule has 6 heteroatoms. The van der Waals surface area contributed by atoms with E-state index in [1.807, 2.05) is 14.1 Å². The predicted octanol–water partition coefficient (Wildman–Crippen LogP) is 6.94. The molecule has 0 aromatic heterocycles. The monoisotopic (exact) mass is 820 g/mol. The zero-order chi connectivity index (χ0) is 28.7. The second-order valence-electron chi connectivity index (χ2n) is 11.6. The van der Waals surface area contributed by atoms with Crippen molar-refractivity contribution in [1.82, 2.24) is 4.48 Å². The number of anilines is 1. The number of nitrogens with zero attached hydrogens (tertiary/aromatic N) is 2. The number of rotatable bonds is 15. The Morgan fingerprint density at radius 1 is 0.842 bits per heavy atom. The number of carboxylic acid groups (broad SMARTS) is 1. The number of benzene rings is 2. The fourth-order valence-corrected chi connectivity index (χ4v) is 20.5. The Balaban J connectivity index is 0.000000471. The van der Waals surface area contributed by atoms with E-state index in [2.05, 4.69) is 90.0 Å². The molecule has 0 heterocycles. The topological polar surface area (TPSA) is 40.5 Å². The van der Waals surface area contributed by atoms with Gasteiger partial charge in [-0.1, -0.05) is 0 Å². The van der Waals surface area contributed by atoms with E-state index >= 15 is 0 Å². The van der Waals surface area contributed by atoms with Crippen molar-refractivity contribution in [2.24, 2.45) is 0 Å². The first-order valence-electron chi connectivity index (χ1n) is 14.7. The molecule has 0 amide bonds. The fourth-order valence-electron chi connectivity index (χ4n) is 4.70. The van der Waals surface area contributed by atoms with Crippen molar-refractivity contribution in [3.63, 3.8) is 0 Å². The van der Waals surface area contributed by atoms with Crippen LogP contribution in [-0.4, -0.2) is 65.6 Å². The minimum absolute atomic E-state index is 0.0914. The zero-order valence-electron chi connectivity index (χ0n) is 26.0. The molecule has 0 aliphatic heterocycles. The van der Waals surface area contributed by atoms with E-state index in [4.69, 9.17) is 5.11 Å². The van der Waals surface area contributed by atoms with Crippen molar-refractivity contribution < 1.29 is 34.5 Å². The van der Waals surface area contributed by atoms with E-state index in [1.165, 1.54) is 58.4 Å². The number of aryl methyl sites for hydroxylation is 2. The molecule has 38 heavy (non-hydrogen) atoms. The SMILES string of the molecule is CCC[CH2][Sn]([CH2]CCC)[CH2]CCC.Cc1cc(N(C)C)cc[c]1[Hg][c]1ccc([N+](C)(C)CC(=O)O)cc1C. The van der Waals surface area contributed by atoms with Crippen LogP contribution in [0.1, 0.15) is 70.4 Å². The van der Waals surface area contributed by atoms with Gasteiger partial charge in [-0.25, -0.2) is 0 Å². The molecule has 0 saturated heterocycles. The Bertz CT molecular complexity index is 959. The van der Waals surface area contributed by atoms with E-state index in [-0.39, 0.29) is 6.54 Å². The van der Waals surface area contributed by atoms with Gasteiger partial charge in [0.2, 0.25) is 0 Å². The number of carboxylic acids is 1. The van der Waals surface area contributed by atoms with E-state index in [9.17, 15) is 4.79 Å². The molecule has 4 nitrogen and oxygen atoms in total. The van der Waals surface area contributed by atoms with Gasteiger partial charge >= 0.3 is 256 Å². The van der Waals surface area contributed by atoms with Gasteiger partial charge in [-0.15, -0.1) is 0 Å². The molecule has 0 fully saturated rings. The Hall–Kier alpha value is -0.596. The number of unbranched alkanes of at least 4 members (excludes halogenated alkanes) is 3. The number of carbonyl (C=O) groups is 1. The first-order chi connectivity index (χ1) is 17.9. The summed E-state index contributed by atoms with van der Waals surface area (Å²) in [5.74, 6) is -0.775. The van der Waals surface area contributed by atoms with Gasteiger partial charge in [-0.3, -0.25) is 0 Å². The molecule has 0 atom stereocenters. The first-order valence-corrected chi connectivity index (χ1v) is 26.3. The van der Waals surface area contributed by atoms with E-state index in [1.54, 1.807) is 16.4 Å². The average molecular weight is 818 g/mol. The maximum atomic E-state index is 11.1. The summed E-state index contributed by atoms with van der Waals surface area (Å²) in [6.45, 7) is 11.5. The Morgan fingerprint density at radius 3 is 1.71 bits per heavy atom. The van der Waals surface area contributed by atoms with Crippen LogP contribution in [0.5, 0.6) is 0 Å². The maximum absolute atomic E-state index is 11.1. The van der Waals surface area contributed by atoms with Crippen LogP contribution in [-0.2, 0) is 29.4 Å². The molecule has 1 radical (unpaired) electrons. The second kappa shape index (κ2) is 18.7. The third-order valence-electron chi connectivity index (χ3n) is 7.43. The van der Waals surface area contributed by atoms with E-state index in [0.29, 0.717) is 4.48 Å². The van der Waals surface area contributed by atoms with Crippen LogP contribution in [0.2, 0.25) is 13.3 Å². The molecule has 2 aromatic carbocycles. The number of quaternary nitrogens is 1. The number of hydrogen-bond donors (Lipinski definition) is 1. The quantitative estimate of drug-likeness (QED) is 0.157. The summed E-state index contributed by atoms with van der Waals surface area (Å²) in [7, 11) is 8.02. The van der Waals surface area contributed by atoms with Gasteiger partial charge in [0.1, 0.15) is 0 Å². The van der Waals surface area contributed by atoms with Crippen molar-refractivity contribution in [3.8, 4) is 0 Å². The summed E-state index contributed by atoms with van der Waals surface area (Å²) in [5.41, 5.74) is 4.98. The number of aliphatic carboxylic acids is 1. The Labute approximate surface area is 254 Å². The van der Waals surface area contributed by atoms with Gasteiger partial charge in [-0.05, 0) is 0 Å². The molecule has 0 spiro atoms. The van der Waals surface area contributed by atoms with Crippen LogP contribution >= 0.6 is 0 Å². The molecule has 2 aromatic rings. The van der Waals surface area contributed by atoms with Gasteiger partial charge in [0.05, 0.1) is 0 Å². The molecule has 0 aliphatic carbocycles.